The number of halogens is 1. The molecule has 0 heterocycles. The van der Waals surface area contributed by atoms with Crippen LogP contribution in [-0.4, -0.2) is 17.4 Å². The fraction of sp³-hybridized carbons (Fsp3) is 1.00. The average molecular weight is 258 g/mol. The monoisotopic (exact) mass is 257 g/mol. The van der Waals surface area contributed by atoms with Crippen LogP contribution in [0.2, 0.25) is 0 Å². The molecule has 0 aromatic rings. The summed E-state index contributed by atoms with van der Waals surface area (Å²) < 4.78 is 0. The second-order valence-corrected chi connectivity index (χ2v) is 6.61. The van der Waals surface area contributed by atoms with E-state index in [9.17, 15) is 0 Å². The van der Waals surface area contributed by atoms with E-state index in [0.717, 1.165) is 29.6 Å². The van der Waals surface area contributed by atoms with Crippen LogP contribution in [0.5, 0.6) is 0 Å². The molecule has 4 rings (SSSR count). The van der Waals surface area contributed by atoms with Crippen molar-refractivity contribution in [3.05, 3.63) is 0 Å². The van der Waals surface area contributed by atoms with E-state index in [1.165, 1.54) is 19.3 Å². The number of rotatable bonds is 3. The molecule has 80 valence electrons. The van der Waals surface area contributed by atoms with Crippen molar-refractivity contribution in [1.29, 1.82) is 0 Å². The minimum Gasteiger partial charge on any atom is -0.310 e. The lowest BCUT2D eigenvalue weighted by Crippen LogP contribution is -2.58. The standard InChI is InChI=1S/C12H20BrN/c13-1-2-14-12-6-9-3-10(7-12)5-11(4-9)8-12/h9-11,14H,1-8H2. The maximum atomic E-state index is 3.83. The molecule has 0 aromatic carbocycles. The number of hydrogen-bond donors (Lipinski definition) is 1. The van der Waals surface area contributed by atoms with Crippen molar-refractivity contribution < 1.29 is 0 Å². The van der Waals surface area contributed by atoms with Gasteiger partial charge in [-0.15, -0.1) is 0 Å². The summed E-state index contributed by atoms with van der Waals surface area (Å²) in [5, 5.41) is 4.94. The van der Waals surface area contributed by atoms with Gasteiger partial charge in [-0.3, -0.25) is 0 Å². The molecule has 0 atom stereocenters. The second kappa shape index (κ2) is 3.48. The summed E-state index contributed by atoms with van der Waals surface area (Å²) in [4.78, 5) is 0. The average Bonchev–Trinajstić information content (AvgIpc) is 2.12. The highest BCUT2D eigenvalue weighted by Gasteiger charge is 2.50. The van der Waals surface area contributed by atoms with Gasteiger partial charge in [0.25, 0.3) is 0 Å². The highest BCUT2D eigenvalue weighted by atomic mass is 79.9. The molecule has 2 heteroatoms. The molecule has 4 aliphatic carbocycles. The Bertz CT molecular complexity index is 191. The van der Waals surface area contributed by atoms with Crippen molar-refractivity contribution in [3.8, 4) is 0 Å². The zero-order valence-corrected chi connectivity index (χ0v) is 10.4. The lowest BCUT2D eigenvalue weighted by molar-refractivity contribution is -0.0185. The van der Waals surface area contributed by atoms with Crippen molar-refractivity contribution in [1.82, 2.24) is 5.32 Å². The van der Waals surface area contributed by atoms with Gasteiger partial charge >= 0.3 is 0 Å². The van der Waals surface area contributed by atoms with Crippen molar-refractivity contribution in [2.75, 3.05) is 11.9 Å². The van der Waals surface area contributed by atoms with Crippen molar-refractivity contribution in [2.24, 2.45) is 17.8 Å². The Morgan fingerprint density at radius 1 is 1.00 bits per heavy atom. The quantitative estimate of drug-likeness (QED) is 0.767. The van der Waals surface area contributed by atoms with E-state index in [1.807, 2.05) is 0 Å². The first-order valence-corrected chi connectivity index (χ1v) is 7.23. The van der Waals surface area contributed by atoms with Gasteiger partial charge in [0.05, 0.1) is 0 Å². The third kappa shape index (κ3) is 1.55. The molecule has 1 N–H and O–H groups in total. The SMILES string of the molecule is BrCCNC12CC3CC(CC(C3)C1)C2. The Labute approximate surface area is 95.2 Å². The molecule has 4 fully saturated rings. The van der Waals surface area contributed by atoms with Crippen LogP contribution in [0.3, 0.4) is 0 Å². The predicted molar refractivity (Wildman–Crippen MR) is 62.7 cm³/mol. The molecule has 14 heavy (non-hydrogen) atoms. The molecule has 0 amide bonds. The molecule has 0 saturated heterocycles. The molecule has 0 unspecified atom stereocenters. The predicted octanol–water partition coefficient (Wildman–Crippen LogP) is 2.94. The van der Waals surface area contributed by atoms with Gasteiger partial charge in [-0.1, -0.05) is 15.9 Å². The third-order valence-electron chi connectivity index (χ3n) is 4.63. The van der Waals surface area contributed by atoms with Crippen molar-refractivity contribution in [2.45, 2.75) is 44.1 Å². The number of nitrogens with one attached hydrogen (secondary N) is 1. The van der Waals surface area contributed by atoms with Crippen LogP contribution in [0.4, 0.5) is 0 Å². The van der Waals surface area contributed by atoms with Crippen LogP contribution >= 0.6 is 15.9 Å². The topological polar surface area (TPSA) is 12.0 Å². The first-order valence-electron chi connectivity index (χ1n) is 6.11. The van der Waals surface area contributed by atoms with Gasteiger partial charge in [0.1, 0.15) is 0 Å². The van der Waals surface area contributed by atoms with E-state index in [0.29, 0.717) is 5.54 Å². The molecule has 4 saturated carbocycles. The van der Waals surface area contributed by atoms with Gasteiger partial charge in [-0.2, -0.15) is 0 Å². The largest absolute Gasteiger partial charge is 0.310 e. The molecule has 0 aromatic heterocycles. The lowest BCUT2D eigenvalue weighted by Gasteiger charge is -2.57. The fourth-order valence-corrected chi connectivity index (χ4v) is 4.84. The van der Waals surface area contributed by atoms with E-state index < -0.39 is 0 Å². The Kier molecular flexibility index (Phi) is 2.40. The summed E-state index contributed by atoms with van der Waals surface area (Å²) in [6.07, 6.45) is 9.09. The molecular formula is C12H20BrN. The smallest absolute Gasteiger partial charge is 0.0189 e. The van der Waals surface area contributed by atoms with Gasteiger partial charge < -0.3 is 5.32 Å². The highest BCUT2D eigenvalue weighted by molar-refractivity contribution is 9.09. The van der Waals surface area contributed by atoms with Crippen LogP contribution in [0.1, 0.15) is 38.5 Å². The highest BCUT2D eigenvalue weighted by Crippen LogP contribution is 2.55. The zero-order valence-electron chi connectivity index (χ0n) is 8.77. The maximum absolute atomic E-state index is 3.83. The van der Waals surface area contributed by atoms with Crippen molar-refractivity contribution >= 4 is 15.9 Å². The summed E-state index contributed by atoms with van der Waals surface area (Å²) in [7, 11) is 0. The van der Waals surface area contributed by atoms with E-state index in [1.54, 1.807) is 19.3 Å². The molecule has 4 aliphatic rings. The van der Waals surface area contributed by atoms with Crippen LogP contribution < -0.4 is 5.32 Å². The Morgan fingerprint density at radius 2 is 1.50 bits per heavy atom. The van der Waals surface area contributed by atoms with Gasteiger partial charge in [-0.25, -0.2) is 0 Å². The number of hydrogen-bond acceptors (Lipinski definition) is 1. The Balaban J connectivity index is 1.74. The van der Waals surface area contributed by atoms with E-state index in [-0.39, 0.29) is 0 Å². The molecule has 1 nitrogen and oxygen atoms in total. The van der Waals surface area contributed by atoms with Gasteiger partial charge in [-0.05, 0) is 56.3 Å². The summed E-state index contributed by atoms with van der Waals surface area (Å²) >= 11 is 3.53. The van der Waals surface area contributed by atoms with Crippen LogP contribution in [0, 0.1) is 17.8 Å². The third-order valence-corrected chi connectivity index (χ3v) is 5.03. The molecular weight excluding hydrogens is 238 g/mol. The van der Waals surface area contributed by atoms with Crippen LogP contribution in [-0.2, 0) is 0 Å². The Hall–Kier alpha value is 0.440. The summed E-state index contributed by atoms with van der Waals surface area (Å²) in [6.45, 7) is 1.16. The second-order valence-electron chi connectivity index (χ2n) is 5.81. The van der Waals surface area contributed by atoms with Gasteiger partial charge in [0.15, 0.2) is 0 Å². The summed E-state index contributed by atoms with van der Waals surface area (Å²) in [5.74, 6) is 3.22. The minimum absolute atomic E-state index is 0.572. The molecule has 4 bridgehead atoms. The van der Waals surface area contributed by atoms with Gasteiger partial charge in [0.2, 0.25) is 0 Å². The minimum atomic E-state index is 0.572. The Morgan fingerprint density at radius 3 is 1.93 bits per heavy atom. The van der Waals surface area contributed by atoms with E-state index in [4.69, 9.17) is 0 Å². The fourth-order valence-electron chi connectivity index (χ4n) is 4.64. The molecule has 0 spiro atoms. The molecule has 0 radical (unpaired) electrons. The summed E-state index contributed by atoms with van der Waals surface area (Å²) in [5.41, 5.74) is 0.572. The lowest BCUT2D eigenvalue weighted by atomic mass is 9.53. The zero-order chi connectivity index (χ0) is 9.60. The van der Waals surface area contributed by atoms with E-state index in [2.05, 4.69) is 21.2 Å². The van der Waals surface area contributed by atoms with Crippen LogP contribution in [0.15, 0.2) is 0 Å². The first kappa shape index (κ1) is 9.65. The van der Waals surface area contributed by atoms with E-state index >= 15 is 0 Å². The first-order chi connectivity index (χ1) is 6.80. The maximum Gasteiger partial charge on any atom is 0.0189 e. The van der Waals surface area contributed by atoms with Crippen molar-refractivity contribution in [3.63, 3.8) is 0 Å². The number of alkyl halides is 1. The normalized spacial score (nSPS) is 49.9. The summed E-state index contributed by atoms with van der Waals surface area (Å²) in [6, 6.07) is 0. The van der Waals surface area contributed by atoms with Gasteiger partial charge in [0, 0.05) is 17.4 Å². The van der Waals surface area contributed by atoms with Crippen LogP contribution in [0.25, 0.3) is 0 Å². The molecule has 0 aliphatic heterocycles.